The molecule has 0 radical (unpaired) electrons. The molecule has 0 aromatic heterocycles. The Labute approximate surface area is 277 Å². The number of hydrogen-bond acceptors (Lipinski definition) is 5. The van der Waals surface area contributed by atoms with Crippen LogP contribution in [0.2, 0.25) is 10.0 Å². The maximum atomic E-state index is 14.2. The molecule has 2 aliphatic heterocycles. The van der Waals surface area contributed by atoms with Crippen molar-refractivity contribution in [2.75, 3.05) is 45.6 Å². The number of carbonyl (C=O) groups is 1. The molecule has 0 bridgehead atoms. The lowest BCUT2D eigenvalue weighted by atomic mass is 9.88. The molecule has 0 N–H and O–H groups in total. The molecule has 6 nitrogen and oxygen atoms in total. The van der Waals surface area contributed by atoms with E-state index in [9.17, 15) is 14.6 Å². The summed E-state index contributed by atoms with van der Waals surface area (Å²) in [6.07, 6.45) is 4.61. The lowest BCUT2D eigenvalue weighted by molar-refractivity contribution is 0.0740. The fraction of sp³-hybridized carbons (Fsp3) is 0.333. The van der Waals surface area contributed by atoms with Crippen molar-refractivity contribution in [2.45, 2.75) is 36.0 Å². The third kappa shape index (κ3) is 6.82. The molecule has 1 saturated heterocycles. The fourth-order valence-corrected chi connectivity index (χ4v) is 7.89. The number of nitrogens with zero attached hydrogens (tertiary/aromatic N) is 3. The highest BCUT2D eigenvalue weighted by atomic mass is 35.5. The number of piperidine rings is 1. The second kappa shape index (κ2) is 14.0. The van der Waals surface area contributed by atoms with Crippen molar-refractivity contribution in [2.24, 2.45) is 0 Å². The van der Waals surface area contributed by atoms with E-state index in [0.717, 1.165) is 60.1 Å². The minimum Gasteiger partial charge on any atom is -0.612 e. The molecule has 232 valence electrons. The molecule has 6 rings (SSSR count). The Morgan fingerprint density at radius 2 is 1.78 bits per heavy atom. The Morgan fingerprint density at radius 1 is 1.02 bits per heavy atom. The van der Waals surface area contributed by atoms with Crippen LogP contribution in [0.15, 0.2) is 77.7 Å². The minimum absolute atomic E-state index is 0.0108. The van der Waals surface area contributed by atoms with Crippen molar-refractivity contribution in [1.29, 1.82) is 5.26 Å². The van der Waals surface area contributed by atoms with Gasteiger partial charge in [-0.3, -0.25) is 4.79 Å². The summed E-state index contributed by atoms with van der Waals surface area (Å²) in [5, 5.41) is 12.5. The van der Waals surface area contributed by atoms with E-state index in [2.05, 4.69) is 17.0 Å². The lowest BCUT2D eigenvalue weighted by Crippen LogP contribution is -2.38. The van der Waals surface area contributed by atoms with Crippen LogP contribution < -0.4 is 4.74 Å². The van der Waals surface area contributed by atoms with Gasteiger partial charge >= 0.3 is 0 Å². The van der Waals surface area contributed by atoms with Crippen LogP contribution in [0.1, 0.15) is 58.1 Å². The molecule has 1 amide bonds. The monoisotopic (exact) mass is 659 g/mol. The molecule has 1 fully saturated rings. The zero-order valence-corrected chi connectivity index (χ0v) is 27.5. The van der Waals surface area contributed by atoms with Crippen molar-refractivity contribution in [3.8, 4) is 11.8 Å². The van der Waals surface area contributed by atoms with Crippen molar-refractivity contribution < 1.29 is 14.1 Å². The molecule has 0 aliphatic carbocycles. The number of halogens is 2. The van der Waals surface area contributed by atoms with E-state index in [1.807, 2.05) is 65.6 Å². The highest BCUT2D eigenvalue weighted by Crippen LogP contribution is 2.37. The molecule has 2 heterocycles. The molecule has 4 aromatic rings. The predicted octanol–water partition coefficient (Wildman–Crippen LogP) is 7.64. The predicted molar refractivity (Wildman–Crippen MR) is 181 cm³/mol. The van der Waals surface area contributed by atoms with Gasteiger partial charge in [0.25, 0.3) is 5.91 Å². The molecule has 2 atom stereocenters. The van der Waals surface area contributed by atoms with Crippen LogP contribution in [0.25, 0.3) is 10.8 Å². The number of likely N-dealkylation sites (tertiary alicyclic amines) is 1. The van der Waals surface area contributed by atoms with E-state index in [1.54, 1.807) is 12.3 Å². The second-order valence-electron chi connectivity index (χ2n) is 11.8. The topological polar surface area (TPSA) is 79.6 Å². The highest BCUT2D eigenvalue weighted by molar-refractivity contribution is 7.90. The summed E-state index contributed by atoms with van der Waals surface area (Å²) in [6, 6.07) is 25.5. The van der Waals surface area contributed by atoms with Crippen LogP contribution >= 0.6 is 23.2 Å². The number of fused-ring (bicyclic) bond motifs is 3. The second-order valence-corrected chi connectivity index (χ2v) is 14.0. The largest absolute Gasteiger partial charge is 0.612 e. The summed E-state index contributed by atoms with van der Waals surface area (Å²) in [5.74, 6) is 0.645. The first-order chi connectivity index (χ1) is 21.8. The van der Waals surface area contributed by atoms with Gasteiger partial charge in [0.15, 0.2) is 10.6 Å². The van der Waals surface area contributed by atoms with Crippen LogP contribution in [0.4, 0.5) is 0 Å². The zero-order valence-electron chi connectivity index (χ0n) is 25.2. The zero-order chi connectivity index (χ0) is 31.5. The van der Waals surface area contributed by atoms with Gasteiger partial charge in [-0.1, -0.05) is 71.7 Å². The molecular weight excluding hydrogens is 625 g/mol. The summed E-state index contributed by atoms with van der Waals surface area (Å²) in [4.78, 5) is 19.5. The van der Waals surface area contributed by atoms with Crippen molar-refractivity contribution in [1.82, 2.24) is 9.80 Å². The van der Waals surface area contributed by atoms with Crippen LogP contribution in [0, 0.1) is 11.3 Å². The normalized spacial score (nSPS) is 17.3. The number of carbonyl (C=O) groups excluding carboxylic acids is 1. The summed E-state index contributed by atoms with van der Waals surface area (Å²) in [7, 11) is 0. The van der Waals surface area contributed by atoms with Gasteiger partial charge in [0, 0.05) is 18.0 Å². The number of hydrogen-bond donors (Lipinski definition) is 0. The van der Waals surface area contributed by atoms with Gasteiger partial charge in [-0.15, -0.1) is 0 Å². The summed E-state index contributed by atoms with van der Waals surface area (Å²) in [5.41, 5.74) is 3.06. The quantitative estimate of drug-likeness (QED) is 0.182. The Morgan fingerprint density at radius 3 is 2.53 bits per heavy atom. The first-order valence-corrected chi connectivity index (χ1v) is 17.6. The van der Waals surface area contributed by atoms with Gasteiger partial charge in [-0.25, -0.2) is 0 Å². The molecule has 45 heavy (non-hydrogen) atoms. The molecule has 4 aromatic carbocycles. The molecular formula is C36H35Cl2N3O3S. The van der Waals surface area contributed by atoms with Gasteiger partial charge in [0.05, 0.1) is 27.7 Å². The van der Waals surface area contributed by atoms with Crippen molar-refractivity contribution in [3.05, 3.63) is 105 Å². The first kappa shape index (κ1) is 31.7. The van der Waals surface area contributed by atoms with Gasteiger partial charge in [-0.05, 0) is 96.6 Å². The Bertz CT molecular complexity index is 1750. The third-order valence-electron chi connectivity index (χ3n) is 9.14. The van der Waals surface area contributed by atoms with E-state index in [-0.39, 0.29) is 11.8 Å². The third-order valence-corrected chi connectivity index (χ3v) is 10.9. The van der Waals surface area contributed by atoms with Crippen molar-refractivity contribution >= 4 is 51.1 Å². The van der Waals surface area contributed by atoms with Gasteiger partial charge in [0.2, 0.25) is 0 Å². The molecule has 0 saturated carbocycles. The maximum absolute atomic E-state index is 14.2. The number of amides is 1. The van der Waals surface area contributed by atoms with Gasteiger partial charge in [-0.2, -0.15) is 5.26 Å². The highest BCUT2D eigenvalue weighted by Gasteiger charge is 2.31. The number of benzene rings is 4. The summed E-state index contributed by atoms with van der Waals surface area (Å²) < 4.78 is 18.4. The smallest absolute Gasteiger partial charge is 0.258 e. The maximum Gasteiger partial charge on any atom is 0.258 e. The van der Waals surface area contributed by atoms with E-state index in [0.29, 0.717) is 52.5 Å². The van der Waals surface area contributed by atoms with Gasteiger partial charge in [0.1, 0.15) is 18.9 Å². The first-order valence-electron chi connectivity index (χ1n) is 15.3. The SMILES string of the molecule is C[S@+]([O-])c1ccccc1C1CCN(CC[C@H](CN2CCOc3c(C#N)cc4ccccc4c3C2=O)c2ccc(Cl)c(Cl)c2)CC1. The van der Waals surface area contributed by atoms with E-state index in [4.69, 9.17) is 27.9 Å². The number of ether oxygens (including phenoxy) is 1. The van der Waals surface area contributed by atoms with E-state index < -0.39 is 11.2 Å². The average molecular weight is 661 g/mol. The fourth-order valence-electron chi connectivity index (χ4n) is 6.75. The number of nitriles is 1. The van der Waals surface area contributed by atoms with Gasteiger partial charge < -0.3 is 19.1 Å². The molecule has 0 unspecified atom stereocenters. The Hall–Kier alpha value is -3.25. The van der Waals surface area contributed by atoms with E-state index >= 15 is 0 Å². The van der Waals surface area contributed by atoms with Crippen molar-refractivity contribution in [3.63, 3.8) is 0 Å². The minimum atomic E-state index is -1.01. The molecule has 0 spiro atoms. The Balaban J connectivity index is 1.21. The molecule has 9 heteroatoms. The summed E-state index contributed by atoms with van der Waals surface area (Å²) >= 11 is 11.8. The van der Waals surface area contributed by atoms with Crippen LogP contribution in [0.3, 0.4) is 0 Å². The summed E-state index contributed by atoms with van der Waals surface area (Å²) in [6.45, 7) is 3.98. The molecule has 2 aliphatic rings. The standard InChI is InChI=1S/C36H35Cl2N3O3S/c1-45(43)33-9-5-4-7-29(33)24-12-15-40(16-13-24)17-14-27(25-10-11-31(37)32(38)21-25)23-41-18-19-44-35-28(22-39)20-26-6-2-3-8-30(26)34(35)36(41)42/h2-11,20-21,24,27H,12-19,23H2,1H3/t27-,45+/m1/s1. The van der Waals surface area contributed by atoms with Crippen LogP contribution in [-0.4, -0.2) is 65.8 Å². The van der Waals surface area contributed by atoms with Crippen LogP contribution in [0.5, 0.6) is 5.75 Å². The number of rotatable bonds is 8. The lowest BCUT2D eigenvalue weighted by Gasteiger charge is -2.34. The Kier molecular flexibility index (Phi) is 9.89. The van der Waals surface area contributed by atoms with E-state index in [1.165, 1.54) is 5.56 Å². The van der Waals surface area contributed by atoms with Crippen LogP contribution in [-0.2, 0) is 11.2 Å². The average Bonchev–Trinajstić information content (AvgIpc) is 3.22.